The average molecular weight is 904 g/mol. The van der Waals surface area contributed by atoms with Crippen molar-refractivity contribution >= 4 is 38.6 Å². The number of rotatable bonds is 7. The molecular formula is C69H45NO. The highest BCUT2D eigenvalue weighted by molar-refractivity contribution is 6.00. The Labute approximate surface area is 414 Å². The van der Waals surface area contributed by atoms with Gasteiger partial charge >= 0.3 is 0 Å². The van der Waals surface area contributed by atoms with Gasteiger partial charge in [0.25, 0.3) is 0 Å². The van der Waals surface area contributed by atoms with E-state index >= 15 is 0 Å². The number of hydrogen-bond acceptors (Lipinski definition) is 2. The van der Waals surface area contributed by atoms with E-state index in [9.17, 15) is 0 Å². The first kappa shape index (κ1) is 40.8. The lowest BCUT2D eigenvalue weighted by Gasteiger charge is -2.40. The number of hydrogen-bond donors (Lipinski definition) is 0. The van der Waals surface area contributed by atoms with E-state index < -0.39 is 5.41 Å². The molecule has 332 valence electrons. The van der Waals surface area contributed by atoms with Gasteiger partial charge in [0.05, 0.1) is 11.1 Å². The van der Waals surface area contributed by atoms with Crippen LogP contribution in [0.1, 0.15) is 22.3 Å². The molecule has 1 aliphatic heterocycles. The highest BCUT2D eigenvalue weighted by Gasteiger charge is 2.52. The van der Waals surface area contributed by atoms with Gasteiger partial charge in [-0.15, -0.1) is 0 Å². The van der Waals surface area contributed by atoms with Crippen molar-refractivity contribution in [3.8, 4) is 67.1 Å². The first-order valence-corrected chi connectivity index (χ1v) is 24.5. The van der Waals surface area contributed by atoms with E-state index in [0.29, 0.717) is 0 Å². The van der Waals surface area contributed by atoms with Gasteiger partial charge in [-0.2, -0.15) is 0 Å². The first-order valence-electron chi connectivity index (χ1n) is 24.5. The molecule has 0 saturated carbocycles. The molecule has 14 rings (SSSR count). The summed E-state index contributed by atoms with van der Waals surface area (Å²) in [5.41, 5.74) is 19.4. The van der Waals surface area contributed by atoms with Crippen molar-refractivity contribution in [1.29, 1.82) is 0 Å². The second-order valence-electron chi connectivity index (χ2n) is 18.7. The standard InChI is InChI=1S/C69H45NO/c1-4-16-46(17-5-1)48-28-36-55(37-29-48)70(66-43-35-53(47-18-6-2-7-19-47)44-61(66)50-20-8-3-9-21-50)56-38-30-49(31-39-56)54-32-40-60-59-26-14-15-27-62(59)69(65(60)45-54)63-41-33-51-22-10-12-24-57(51)67(63)71-68-58-25-13-11-23-52(58)34-42-64(68)69/h1-45H. The highest BCUT2D eigenvalue weighted by Crippen LogP contribution is 2.64. The molecule has 12 aromatic rings. The molecule has 0 amide bonds. The molecule has 1 heterocycles. The Morgan fingerprint density at radius 3 is 1.31 bits per heavy atom. The summed E-state index contributed by atoms with van der Waals surface area (Å²) in [5, 5.41) is 4.55. The van der Waals surface area contributed by atoms with E-state index in [2.05, 4.69) is 278 Å². The Hall–Kier alpha value is -9.24. The quantitative estimate of drug-likeness (QED) is 0.158. The zero-order valence-corrected chi connectivity index (χ0v) is 38.8. The minimum absolute atomic E-state index is 0.624. The molecule has 0 fully saturated rings. The maximum Gasteiger partial charge on any atom is 0.140 e. The predicted molar refractivity (Wildman–Crippen MR) is 295 cm³/mol. The van der Waals surface area contributed by atoms with Crippen molar-refractivity contribution in [3.05, 3.63) is 295 Å². The van der Waals surface area contributed by atoms with Gasteiger partial charge in [-0.3, -0.25) is 0 Å². The van der Waals surface area contributed by atoms with Crippen molar-refractivity contribution in [2.24, 2.45) is 0 Å². The van der Waals surface area contributed by atoms with Crippen LogP contribution < -0.4 is 9.64 Å². The molecule has 0 atom stereocenters. The molecule has 2 nitrogen and oxygen atoms in total. The molecule has 0 radical (unpaired) electrons. The third-order valence-corrected chi connectivity index (χ3v) is 14.9. The number of anilines is 3. The molecule has 0 saturated heterocycles. The van der Waals surface area contributed by atoms with Crippen LogP contribution in [-0.2, 0) is 5.41 Å². The zero-order valence-electron chi connectivity index (χ0n) is 38.8. The van der Waals surface area contributed by atoms with Gasteiger partial charge in [0.1, 0.15) is 11.5 Å². The lowest BCUT2D eigenvalue weighted by molar-refractivity contribution is 0.447. The van der Waals surface area contributed by atoms with Crippen LogP contribution in [0.25, 0.3) is 77.2 Å². The van der Waals surface area contributed by atoms with Gasteiger partial charge in [-0.25, -0.2) is 0 Å². The summed E-state index contributed by atoms with van der Waals surface area (Å²) < 4.78 is 7.23. The number of fused-ring (bicyclic) bond motifs is 13. The van der Waals surface area contributed by atoms with E-state index in [1.54, 1.807) is 0 Å². The van der Waals surface area contributed by atoms with Crippen molar-refractivity contribution in [3.63, 3.8) is 0 Å². The summed E-state index contributed by atoms with van der Waals surface area (Å²) in [6.07, 6.45) is 0. The van der Waals surface area contributed by atoms with Crippen LogP contribution in [0.5, 0.6) is 11.5 Å². The number of benzene rings is 12. The van der Waals surface area contributed by atoms with Crippen molar-refractivity contribution in [2.45, 2.75) is 5.41 Å². The second-order valence-corrected chi connectivity index (χ2v) is 18.7. The fourth-order valence-electron chi connectivity index (χ4n) is 11.6. The topological polar surface area (TPSA) is 12.5 Å². The maximum absolute atomic E-state index is 7.23. The molecular weight excluding hydrogens is 859 g/mol. The first-order chi connectivity index (χ1) is 35.2. The van der Waals surface area contributed by atoms with Crippen molar-refractivity contribution in [2.75, 3.05) is 4.90 Å². The third kappa shape index (κ3) is 6.49. The highest BCUT2D eigenvalue weighted by atomic mass is 16.5. The Morgan fingerprint density at radius 2 is 0.704 bits per heavy atom. The molecule has 2 heteroatoms. The fourth-order valence-corrected chi connectivity index (χ4v) is 11.6. The zero-order chi connectivity index (χ0) is 46.9. The average Bonchev–Trinajstić information content (AvgIpc) is 3.74. The third-order valence-electron chi connectivity index (χ3n) is 14.9. The van der Waals surface area contributed by atoms with Crippen LogP contribution >= 0.6 is 0 Å². The summed E-state index contributed by atoms with van der Waals surface area (Å²) in [6, 6.07) is 99.7. The molecule has 12 aromatic carbocycles. The molecule has 0 N–H and O–H groups in total. The molecule has 2 aliphatic rings. The van der Waals surface area contributed by atoms with Gasteiger partial charge in [-0.1, -0.05) is 231 Å². The van der Waals surface area contributed by atoms with E-state index in [-0.39, 0.29) is 0 Å². The van der Waals surface area contributed by atoms with Crippen LogP contribution in [-0.4, -0.2) is 0 Å². The molecule has 0 aromatic heterocycles. The summed E-state index contributed by atoms with van der Waals surface area (Å²) >= 11 is 0. The molecule has 0 bridgehead atoms. The molecule has 1 spiro atoms. The summed E-state index contributed by atoms with van der Waals surface area (Å²) in [6.45, 7) is 0. The van der Waals surface area contributed by atoms with Crippen molar-refractivity contribution in [1.82, 2.24) is 0 Å². The Balaban J connectivity index is 0.942. The van der Waals surface area contributed by atoms with Crippen LogP contribution in [0.4, 0.5) is 17.1 Å². The second kappa shape index (κ2) is 16.5. The lowest BCUT2D eigenvalue weighted by Crippen LogP contribution is -2.32. The largest absolute Gasteiger partial charge is 0.455 e. The van der Waals surface area contributed by atoms with E-state index in [1.807, 2.05) is 0 Å². The smallest absolute Gasteiger partial charge is 0.140 e. The molecule has 1 aliphatic carbocycles. The summed E-state index contributed by atoms with van der Waals surface area (Å²) in [7, 11) is 0. The Bertz CT molecular complexity index is 3910. The maximum atomic E-state index is 7.23. The van der Waals surface area contributed by atoms with Crippen LogP contribution in [0.2, 0.25) is 0 Å². The van der Waals surface area contributed by atoms with E-state index in [4.69, 9.17) is 4.74 Å². The number of ether oxygens (including phenoxy) is 1. The van der Waals surface area contributed by atoms with Gasteiger partial charge < -0.3 is 9.64 Å². The van der Waals surface area contributed by atoms with E-state index in [1.165, 1.54) is 55.6 Å². The van der Waals surface area contributed by atoms with Gasteiger partial charge in [0, 0.05) is 38.8 Å². The minimum atomic E-state index is -0.624. The van der Waals surface area contributed by atoms with Crippen LogP contribution in [0.3, 0.4) is 0 Å². The van der Waals surface area contributed by atoms with Gasteiger partial charge in [0.2, 0.25) is 0 Å². The Kier molecular flexibility index (Phi) is 9.47. The lowest BCUT2D eigenvalue weighted by atomic mass is 9.65. The van der Waals surface area contributed by atoms with Gasteiger partial charge in [0.15, 0.2) is 0 Å². The van der Waals surface area contributed by atoms with Gasteiger partial charge in [-0.05, 0) is 114 Å². The van der Waals surface area contributed by atoms with E-state index in [0.717, 1.165) is 72.4 Å². The molecule has 0 unspecified atom stereocenters. The van der Waals surface area contributed by atoms with Crippen molar-refractivity contribution < 1.29 is 4.74 Å². The monoisotopic (exact) mass is 903 g/mol. The predicted octanol–water partition coefficient (Wildman–Crippen LogP) is 18.6. The summed E-state index contributed by atoms with van der Waals surface area (Å²) in [5.74, 6) is 1.85. The van der Waals surface area contributed by atoms with Crippen LogP contribution in [0, 0.1) is 0 Å². The fraction of sp³-hybridized carbons (Fsp3) is 0.0145. The van der Waals surface area contributed by atoms with Crippen LogP contribution in [0.15, 0.2) is 273 Å². The summed E-state index contributed by atoms with van der Waals surface area (Å²) in [4.78, 5) is 2.41. The Morgan fingerprint density at radius 1 is 0.268 bits per heavy atom. The minimum Gasteiger partial charge on any atom is -0.455 e. The number of nitrogens with zero attached hydrogens (tertiary/aromatic N) is 1. The SMILES string of the molecule is c1ccc(-c2ccc(N(c3ccc(-c4ccc5c(c4)C4(c6ccccc6-5)c5ccc6ccccc6c5Oc5c4ccc4ccccc54)cc3)c3ccc(-c4ccccc4)cc3-c3ccccc3)cc2)cc1. The molecule has 71 heavy (non-hydrogen) atoms. The normalized spacial score (nSPS) is 12.7.